The lowest BCUT2D eigenvalue weighted by Gasteiger charge is -2.26. The van der Waals surface area contributed by atoms with Gasteiger partial charge in [-0.1, -0.05) is 13.8 Å². The average Bonchev–Trinajstić information content (AvgIpc) is 2.79. The predicted octanol–water partition coefficient (Wildman–Crippen LogP) is 1.79. The molecule has 0 radical (unpaired) electrons. The highest BCUT2D eigenvalue weighted by molar-refractivity contribution is 6.39. The fourth-order valence-corrected chi connectivity index (χ4v) is 3.33. The lowest BCUT2D eigenvalue weighted by Crippen LogP contribution is -2.37. The molecule has 1 aromatic rings. The molecule has 0 aliphatic carbocycles. The minimum Gasteiger partial charge on any atom is -0.348 e. The summed E-state index contributed by atoms with van der Waals surface area (Å²) < 4.78 is 0. The van der Waals surface area contributed by atoms with Gasteiger partial charge in [-0.2, -0.15) is 0 Å². The van der Waals surface area contributed by atoms with Gasteiger partial charge in [-0.05, 0) is 48.9 Å². The van der Waals surface area contributed by atoms with Crippen molar-refractivity contribution < 1.29 is 14.4 Å². The highest BCUT2D eigenvalue weighted by Crippen LogP contribution is 2.44. The Labute approximate surface area is 141 Å². The number of benzene rings is 1. The van der Waals surface area contributed by atoms with Gasteiger partial charge in [0.05, 0.1) is 11.6 Å². The molecule has 24 heavy (non-hydrogen) atoms. The van der Waals surface area contributed by atoms with E-state index in [2.05, 4.69) is 10.6 Å². The third-order valence-corrected chi connectivity index (χ3v) is 4.55. The van der Waals surface area contributed by atoms with Gasteiger partial charge >= 0.3 is 11.8 Å². The highest BCUT2D eigenvalue weighted by atomic mass is 16.2. The van der Waals surface area contributed by atoms with E-state index in [-0.39, 0.29) is 17.7 Å². The van der Waals surface area contributed by atoms with Gasteiger partial charge in [0.15, 0.2) is 0 Å². The molecule has 2 heterocycles. The molecule has 6 nitrogen and oxygen atoms in total. The van der Waals surface area contributed by atoms with Crippen molar-refractivity contribution in [2.45, 2.75) is 39.5 Å². The monoisotopic (exact) mass is 329 g/mol. The van der Waals surface area contributed by atoms with Crippen molar-refractivity contribution in [3.8, 4) is 0 Å². The van der Waals surface area contributed by atoms with Crippen LogP contribution >= 0.6 is 0 Å². The highest BCUT2D eigenvalue weighted by Gasteiger charge is 2.38. The Bertz CT molecular complexity index is 712. The van der Waals surface area contributed by atoms with E-state index in [1.54, 1.807) is 0 Å². The Hall–Kier alpha value is -2.37. The van der Waals surface area contributed by atoms with Crippen LogP contribution in [0.15, 0.2) is 12.1 Å². The molecular weight excluding hydrogens is 306 g/mol. The summed E-state index contributed by atoms with van der Waals surface area (Å²) >= 11 is 0. The van der Waals surface area contributed by atoms with Crippen molar-refractivity contribution in [1.82, 2.24) is 5.32 Å². The molecule has 128 valence electrons. The third-order valence-electron chi connectivity index (χ3n) is 4.55. The van der Waals surface area contributed by atoms with Gasteiger partial charge in [-0.3, -0.25) is 14.4 Å². The summed E-state index contributed by atoms with van der Waals surface area (Å²) in [4.78, 5) is 38.1. The largest absolute Gasteiger partial charge is 0.348 e. The molecule has 2 N–H and O–H groups in total. The van der Waals surface area contributed by atoms with E-state index in [0.717, 1.165) is 36.2 Å². The van der Waals surface area contributed by atoms with Crippen molar-refractivity contribution in [1.29, 1.82) is 0 Å². The summed E-state index contributed by atoms with van der Waals surface area (Å²) in [5.41, 5.74) is 3.59. The Balaban J connectivity index is 1.80. The van der Waals surface area contributed by atoms with Crippen LogP contribution in [0.3, 0.4) is 0 Å². The predicted molar refractivity (Wildman–Crippen MR) is 92.0 cm³/mol. The van der Waals surface area contributed by atoms with E-state index in [4.69, 9.17) is 0 Å². The van der Waals surface area contributed by atoms with Crippen molar-refractivity contribution in [2.24, 2.45) is 5.92 Å². The van der Waals surface area contributed by atoms with Gasteiger partial charge in [-0.15, -0.1) is 0 Å². The molecule has 2 aliphatic rings. The van der Waals surface area contributed by atoms with E-state index in [9.17, 15) is 14.4 Å². The summed E-state index contributed by atoms with van der Waals surface area (Å²) in [6.45, 7) is 7.03. The molecule has 3 rings (SSSR count). The van der Waals surface area contributed by atoms with Crippen LogP contribution in [0.5, 0.6) is 0 Å². The van der Waals surface area contributed by atoms with Gasteiger partial charge in [0.2, 0.25) is 5.91 Å². The van der Waals surface area contributed by atoms with Crippen molar-refractivity contribution in [2.75, 3.05) is 23.3 Å². The molecule has 0 bridgehead atoms. The summed E-state index contributed by atoms with van der Waals surface area (Å²) in [5, 5.41) is 5.27. The molecule has 1 aromatic carbocycles. The van der Waals surface area contributed by atoms with Crippen LogP contribution in [-0.4, -0.2) is 30.8 Å². The van der Waals surface area contributed by atoms with Gasteiger partial charge in [-0.25, -0.2) is 0 Å². The zero-order chi connectivity index (χ0) is 17.4. The molecule has 0 saturated heterocycles. The number of carbonyl (C=O) groups is 3. The maximum atomic E-state index is 12.3. The zero-order valence-electron chi connectivity index (χ0n) is 14.3. The maximum Gasteiger partial charge on any atom is 0.313 e. The van der Waals surface area contributed by atoms with Crippen molar-refractivity contribution >= 4 is 29.1 Å². The number of hydrogen-bond donors (Lipinski definition) is 2. The zero-order valence-corrected chi connectivity index (χ0v) is 14.3. The first-order chi connectivity index (χ1) is 11.4. The summed E-state index contributed by atoms with van der Waals surface area (Å²) in [6.07, 6.45) is 1.79. The minimum absolute atomic E-state index is 0.115. The third kappa shape index (κ3) is 2.88. The maximum absolute atomic E-state index is 12.3. The molecule has 0 aromatic heterocycles. The number of nitrogens with zero attached hydrogens (tertiary/aromatic N) is 1. The second-order valence-electron chi connectivity index (χ2n) is 6.95. The molecule has 0 spiro atoms. The van der Waals surface area contributed by atoms with Gasteiger partial charge in [0, 0.05) is 18.8 Å². The summed E-state index contributed by atoms with van der Waals surface area (Å²) in [5.74, 6) is -1.12. The van der Waals surface area contributed by atoms with E-state index >= 15 is 0 Å². The molecule has 0 unspecified atom stereocenters. The number of rotatable bonds is 3. The molecule has 3 amide bonds. The summed E-state index contributed by atoms with van der Waals surface area (Å²) in [6, 6.07) is 3.70. The van der Waals surface area contributed by atoms with E-state index in [1.807, 2.05) is 37.8 Å². The van der Waals surface area contributed by atoms with Crippen LogP contribution in [-0.2, 0) is 20.8 Å². The second-order valence-corrected chi connectivity index (χ2v) is 6.95. The molecule has 2 aliphatic heterocycles. The van der Waals surface area contributed by atoms with Crippen molar-refractivity contribution in [3.05, 3.63) is 23.3 Å². The van der Waals surface area contributed by atoms with Crippen LogP contribution in [0, 0.1) is 5.92 Å². The Morgan fingerprint density at radius 2 is 2.04 bits per heavy atom. The number of aryl methyl sites for hydroxylation is 1. The first kappa shape index (κ1) is 16.5. The number of amides is 3. The first-order valence-corrected chi connectivity index (χ1v) is 8.46. The lowest BCUT2D eigenvalue weighted by atomic mass is 9.96. The SMILES string of the molecule is CC(C)CNC(=O)C(=O)Nc1cc2c3c(c1)[C@@H](C)C(=O)N3CCC2. The Morgan fingerprint density at radius 3 is 2.75 bits per heavy atom. The van der Waals surface area contributed by atoms with Crippen molar-refractivity contribution in [3.63, 3.8) is 0 Å². The minimum atomic E-state index is -0.674. The van der Waals surface area contributed by atoms with Crippen LogP contribution < -0.4 is 15.5 Å². The number of carbonyl (C=O) groups excluding carboxylic acids is 3. The number of hydrogen-bond acceptors (Lipinski definition) is 3. The first-order valence-electron chi connectivity index (χ1n) is 8.46. The van der Waals surface area contributed by atoms with Crippen LogP contribution in [0.2, 0.25) is 0 Å². The van der Waals surface area contributed by atoms with E-state index < -0.39 is 11.8 Å². The van der Waals surface area contributed by atoms with E-state index in [0.29, 0.717) is 12.2 Å². The smallest absolute Gasteiger partial charge is 0.313 e. The average molecular weight is 329 g/mol. The Morgan fingerprint density at radius 1 is 1.29 bits per heavy atom. The summed E-state index contributed by atoms with van der Waals surface area (Å²) in [7, 11) is 0. The lowest BCUT2D eigenvalue weighted by molar-refractivity contribution is -0.136. The molecular formula is C18H23N3O3. The topological polar surface area (TPSA) is 78.5 Å². The van der Waals surface area contributed by atoms with Crippen LogP contribution in [0.1, 0.15) is 44.2 Å². The molecule has 0 saturated carbocycles. The van der Waals surface area contributed by atoms with Gasteiger partial charge < -0.3 is 15.5 Å². The molecule has 1 atom stereocenters. The quantitative estimate of drug-likeness (QED) is 0.830. The molecule has 6 heteroatoms. The standard InChI is InChI=1S/C18H23N3O3/c1-10(2)9-19-16(22)17(23)20-13-7-12-5-4-6-21-15(12)14(8-13)11(3)18(21)24/h7-8,10-11H,4-6,9H2,1-3H3,(H,19,22)(H,20,23)/t11-/m1/s1. The Kier molecular flexibility index (Phi) is 4.30. The van der Waals surface area contributed by atoms with Crippen LogP contribution in [0.4, 0.5) is 11.4 Å². The second kappa shape index (κ2) is 6.26. The number of nitrogens with one attached hydrogen (secondary N) is 2. The fraction of sp³-hybridized carbons (Fsp3) is 0.500. The van der Waals surface area contributed by atoms with Gasteiger partial charge in [0.1, 0.15) is 0 Å². The normalized spacial score (nSPS) is 18.6. The number of anilines is 2. The van der Waals surface area contributed by atoms with Crippen LogP contribution in [0.25, 0.3) is 0 Å². The van der Waals surface area contributed by atoms with E-state index in [1.165, 1.54) is 0 Å². The fourth-order valence-electron chi connectivity index (χ4n) is 3.33. The molecule has 0 fully saturated rings. The van der Waals surface area contributed by atoms with Gasteiger partial charge in [0.25, 0.3) is 0 Å².